The van der Waals surface area contributed by atoms with Crippen LogP contribution in [0.2, 0.25) is 0 Å². The summed E-state index contributed by atoms with van der Waals surface area (Å²) in [6, 6.07) is 2.97. The van der Waals surface area contributed by atoms with Crippen molar-refractivity contribution in [3.8, 4) is 0 Å². The van der Waals surface area contributed by atoms with E-state index in [-0.39, 0.29) is 10.6 Å². The number of hydrogen-bond donors (Lipinski definition) is 2. The number of anilines is 2. The first-order chi connectivity index (χ1) is 9.69. The Morgan fingerprint density at radius 2 is 1.95 bits per heavy atom. The highest BCUT2D eigenvalue weighted by atomic mass is 16.6. The summed E-state index contributed by atoms with van der Waals surface area (Å²) in [5, 5.41) is 17.2. The highest BCUT2D eigenvalue weighted by molar-refractivity contribution is 5.54. The van der Waals surface area contributed by atoms with Gasteiger partial charge in [0.25, 0.3) is 5.69 Å². The molecule has 0 aliphatic heterocycles. The third-order valence-corrected chi connectivity index (χ3v) is 3.37. The van der Waals surface area contributed by atoms with Crippen molar-refractivity contribution in [2.45, 2.75) is 39.0 Å². The first kappa shape index (κ1) is 14.6. The molecular formula is C14H22N4O2. The molecule has 1 aliphatic rings. The van der Waals surface area contributed by atoms with Crippen LogP contribution in [0.5, 0.6) is 0 Å². The van der Waals surface area contributed by atoms with Crippen LogP contribution in [0.25, 0.3) is 0 Å². The largest absolute Gasteiger partial charge is 0.370 e. The number of pyridine rings is 1. The smallest absolute Gasteiger partial charge is 0.276 e. The number of aromatic nitrogens is 1. The van der Waals surface area contributed by atoms with Gasteiger partial charge < -0.3 is 10.6 Å². The molecule has 0 radical (unpaired) electrons. The number of nitro groups is 1. The lowest BCUT2D eigenvalue weighted by molar-refractivity contribution is -0.384. The predicted molar refractivity (Wildman–Crippen MR) is 80.1 cm³/mol. The zero-order valence-corrected chi connectivity index (χ0v) is 11.9. The van der Waals surface area contributed by atoms with Crippen molar-refractivity contribution < 1.29 is 4.92 Å². The predicted octanol–water partition coefficient (Wildman–Crippen LogP) is 3.41. The summed E-state index contributed by atoms with van der Waals surface area (Å²) in [5.74, 6) is 2.05. The van der Waals surface area contributed by atoms with Crippen LogP contribution in [-0.2, 0) is 0 Å². The molecular weight excluding hydrogens is 256 g/mol. The Bertz CT molecular complexity index is 460. The summed E-state index contributed by atoms with van der Waals surface area (Å²) in [7, 11) is 0. The lowest BCUT2D eigenvalue weighted by atomic mass is 10.2. The van der Waals surface area contributed by atoms with Gasteiger partial charge in [0.1, 0.15) is 11.6 Å². The Hall–Kier alpha value is -1.85. The summed E-state index contributed by atoms with van der Waals surface area (Å²) in [6.07, 6.45) is 6.00. The van der Waals surface area contributed by atoms with Gasteiger partial charge in [-0.3, -0.25) is 10.1 Å². The van der Waals surface area contributed by atoms with Crippen LogP contribution < -0.4 is 10.6 Å². The summed E-state index contributed by atoms with van der Waals surface area (Å²) in [4.78, 5) is 14.9. The molecule has 1 aliphatic carbocycles. The first-order valence-corrected chi connectivity index (χ1v) is 7.33. The molecule has 2 rings (SSSR count). The van der Waals surface area contributed by atoms with E-state index in [0.29, 0.717) is 11.6 Å². The van der Waals surface area contributed by atoms with E-state index in [1.807, 2.05) is 6.92 Å². The monoisotopic (exact) mass is 278 g/mol. The molecule has 1 saturated carbocycles. The van der Waals surface area contributed by atoms with Crippen molar-refractivity contribution in [3.05, 3.63) is 22.2 Å². The van der Waals surface area contributed by atoms with Gasteiger partial charge in [0.2, 0.25) is 0 Å². The minimum atomic E-state index is -0.381. The van der Waals surface area contributed by atoms with E-state index in [2.05, 4.69) is 15.6 Å². The van der Waals surface area contributed by atoms with Gasteiger partial charge in [-0.15, -0.1) is 0 Å². The van der Waals surface area contributed by atoms with Crippen LogP contribution in [0, 0.1) is 16.0 Å². The fourth-order valence-corrected chi connectivity index (χ4v) is 2.07. The molecule has 0 spiro atoms. The van der Waals surface area contributed by atoms with Crippen LogP contribution in [0.15, 0.2) is 12.1 Å². The number of nitrogens with one attached hydrogen (secondary N) is 2. The van der Waals surface area contributed by atoms with Crippen molar-refractivity contribution in [2.75, 3.05) is 23.7 Å². The third-order valence-electron chi connectivity index (χ3n) is 3.37. The summed E-state index contributed by atoms with van der Waals surface area (Å²) >= 11 is 0. The number of nitrogens with zero attached hydrogens (tertiary/aromatic N) is 2. The van der Waals surface area contributed by atoms with Crippen LogP contribution in [-0.4, -0.2) is 23.0 Å². The first-order valence-electron chi connectivity index (χ1n) is 7.33. The van der Waals surface area contributed by atoms with Crippen molar-refractivity contribution in [3.63, 3.8) is 0 Å². The highest BCUT2D eigenvalue weighted by Gasteiger charge is 2.20. The molecule has 0 bridgehead atoms. The van der Waals surface area contributed by atoms with Crippen LogP contribution >= 0.6 is 0 Å². The maximum absolute atomic E-state index is 10.9. The van der Waals surface area contributed by atoms with E-state index < -0.39 is 0 Å². The summed E-state index contributed by atoms with van der Waals surface area (Å²) in [6.45, 7) is 3.62. The molecule has 0 amide bonds. The Morgan fingerprint density at radius 1 is 1.30 bits per heavy atom. The van der Waals surface area contributed by atoms with Crippen LogP contribution in [0.1, 0.15) is 39.0 Å². The van der Waals surface area contributed by atoms with Crippen LogP contribution in [0.4, 0.5) is 17.3 Å². The van der Waals surface area contributed by atoms with Crippen molar-refractivity contribution in [1.29, 1.82) is 0 Å². The molecule has 0 aromatic carbocycles. The van der Waals surface area contributed by atoms with Gasteiger partial charge >= 0.3 is 0 Å². The van der Waals surface area contributed by atoms with Gasteiger partial charge in [-0.1, -0.05) is 19.8 Å². The average Bonchev–Trinajstić information content (AvgIpc) is 3.25. The molecule has 1 aromatic heterocycles. The maximum Gasteiger partial charge on any atom is 0.276 e. The van der Waals surface area contributed by atoms with Gasteiger partial charge in [-0.25, -0.2) is 4.98 Å². The second-order valence-corrected chi connectivity index (χ2v) is 5.29. The molecule has 6 nitrogen and oxygen atoms in total. The highest BCUT2D eigenvalue weighted by Crippen LogP contribution is 2.33. The van der Waals surface area contributed by atoms with E-state index in [0.717, 1.165) is 31.8 Å². The van der Waals surface area contributed by atoms with Gasteiger partial charge in [-0.2, -0.15) is 0 Å². The minimum absolute atomic E-state index is 0.0725. The zero-order chi connectivity index (χ0) is 14.4. The van der Waals surface area contributed by atoms with Crippen molar-refractivity contribution in [1.82, 2.24) is 4.98 Å². The molecule has 0 atom stereocenters. The molecule has 6 heteroatoms. The van der Waals surface area contributed by atoms with E-state index in [9.17, 15) is 10.1 Å². The summed E-state index contributed by atoms with van der Waals surface area (Å²) < 4.78 is 0. The summed E-state index contributed by atoms with van der Waals surface area (Å²) in [5.41, 5.74) is 0.0725. The molecule has 110 valence electrons. The molecule has 2 N–H and O–H groups in total. The molecule has 0 unspecified atom stereocenters. The Labute approximate surface area is 119 Å². The fourth-order valence-electron chi connectivity index (χ4n) is 2.07. The molecule has 20 heavy (non-hydrogen) atoms. The maximum atomic E-state index is 10.9. The van der Waals surface area contributed by atoms with Crippen molar-refractivity contribution >= 4 is 17.3 Å². The van der Waals surface area contributed by atoms with Gasteiger partial charge in [0.05, 0.1) is 17.1 Å². The second-order valence-electron chi connectivity index (χ2n) is 5.29. The molecule has 1 fully saturated rings. The third kappa shape index (κ3) is 4.68. The lowest BCUT2D eigenvalue weighted by Gasteiger charge is -2.09. The quantitative estimate of drug-likeness (QED) is 0.411. The van der Waals surface area contributed by atoms with E-state index >= 15 is 0 Å². The molecule has 1 aromatic rings. The Kier molecular flexibility index (Phi) is 5.15. The standard InChI is InChI=1S/C14H22N4O2/c1-2-7-15-13-9-12(18(19)20)10-14(17-13)16-8-3-4-11-5-6-11/h9-11H,2-8H2,1H3,(H2,15,16,17). The Balaban J connectivity index is 1.93. The second kappa shape index (κ2) is 7.07. The molecule has 0 saturated heterocycles. The Morgan fingerprint density at radius 3 is 2.50 bits per heavy atom. The van der Waals surface area contributed by atoms with E-state index in [1.165, 1.54) is 31.4 Å². The minimum Gasteiger partial charge on any atom is -0.370 e. The number of rotatable bonds is 9. The van der Waals surface area contributed by atoms with Gasteiger partial charge in [0.15, 0.2) is 0 Å². The van der Waals surface area contributed by atoms with Gasteiger partial charge in [-0.05, 0) is 25.2 Å². The number of hydrogen-bond acceptors (Lipinski definition) is 5. The average molecular weight is 278 g/mol. The van der Waals surface area contributed by atoms with Crippen molar-refractivity contribution in [2.24, 2.45) is 5.92 Å². The van der Waals surface area contributed by atoms with Gasteiger partial charge in [0, 0.05) is 13.1 Å². The normalized spacial score (nSPS) is 14.1. The zero-order valence-electron chi connectivity index (χ0n) is 11.9. The lowest BCUT2D eigenvalue weighted by Crippen LogP contribution is -2.08. The van der Waals surface area contributed by atoms with E-state index in [1.54, 1.807) is 0 Å². The SMILES string of the molecule is CCCNc1cc([N+](=O)[O-])cc(NCCCC2CC2)n1. The van der Waals surface area contributed by atoms with Crippen LogP contribution in [0.3, 0.4) is 0 Å². The topological polar surface area (TPSA) is 80.1 Å². The molecule has 1 heterocycles. The fraction of sp³-hybridized carbons (Fsp3) is 0.643. The van der Waals surface area contributed by atoms with E-state index in [4.69, 9.17) is 0 Å².